The van der Waals surface area contributed by atoms with Gasteiger partial charge in [0.05, 0.1) is 22.6 Å². The smallest absolute Gasteiger partial charge is 0.271 e. The van der Waals surface area contributed by atoms with E-state index in [1.165, 1.54) is 12.1 Å². The average molecular weight is 253 g/mol. The molecule has 7 heteroatoms. The number of hydrogen-bond acceptors (Lipinski definition) is 4. The van der Waals surface area contributed by atoms with Gasteiger partial charge in [0.25, 0.3) is 5.69 Å². The van der Waals surface area contributed by atoms with Crippen LogP contribution in [0.2, 0.25) is 0 Å². The highest BCUT2D eigenvalue weighted by Gasteiger charge is 2.10. The molecule has 0 spiro atoms. The summed E-state index contributed by atoms with van der Waals surface area (Å²) in [6, 6.07) is 4.64. The molecule has 1 N–H and O–H groups in total. The van der Waals surface area contributed by atoms with Gasteiger partial charge in [0.2, 0.25) is 0 Å². The van der Waals surface area contributed by atoms with Crippen molar-refractivity contribution in [1.29, 1.82) is 0 Å². The Morgan fingerprint density at radius 1 is 1.59 bits per heavy atom. The molecule has 2 aromatic rings. The summed E-state index contributed by atoms with van der Waals surface area (Å²) in [6.45, 7) is 1.16. The molecule has 0 atom stereocenters. The minimum atomic E-state index is -0.428. The second-order valence-electron chi connectivity index (χ2n) is 3.53. The van der Waals surface area contributed by atoms with Crippen LogP contribution in [0.15, 0.2) is 18.2 Å². The Morgan fingerprint density at radius 3 is 3.00 bits per heavy atom. The summed E-state index contributed by atoms with van der Waals surface area (Å²) in [5, 5.41) is 10.6. The molecule has 0 saturated carbocycles. The standard InChI is InChI=1S/C10H11N3O3S/c1-16-5-4-12-9-3-2-7(13(14)15)6-8(9)11-10(12)17/h2-3,6H,4-5H2,1H3,(H,11,17). The number of nitro benzene ring substituents is 1. The number of rotatable bonds is 4. The first-order valence-electron chi connectivity index (χ1n) is 4.99. The number of hydrogen-bond donors (Lipinski definition) is 1. The number of H-pyrrole nitrogens is 1. The van der Waals surface area contributed by atoms with Gasteiger partial charge in [-0.2, -0.15) is 0 Å². The topological polar surface area (TPSA) is 73.1 Å². The molecule has 0 aliphatic rings. The Hall–Kier alpha value is -1.73. The highest BCUT2D eigenvalue weighted by atomic mass is 32.1. The fraction of sp³-hybridized carbons (Fsp3) is 0.300. The van der Waals surface area contributed by atoms with Gasteiger partial charge < -0.3 is 14.3 Å². The lowest BCUT2D eigenvalue weighted by molar-refractivity contribution is -0.384. The molecule has 90 valence electrons. The molecule has 1 heterocycles. The van der Waals surface area contributed by atoms with E-state index in [0.29, 0.717) is 23.4 Å². The third kappa shape index (κ3) is 2.20. The van der Waals surface area contributed by atoms with Gasteiger partial charge in [-0.3, -0.25) is 10.1 Å². The van der Waals surface area contributed by atoms with E-state index >= 15 is 0 Å². The Kier molecular flexibility index (Phi) is 3.21. The van der Waals surface area contributed by atoms with Crippen molar-refractivity contribution in [2.75, 3.05) is 13.7 Å². The van der Waals surface area contributed by atoms with Gasteiger partial charge in [0.15, 0.2) is 4.77 Å². The molecule has 0 saturated heterocycles. The number of imidazole rings is 1. The zero-order chi connectivity index (χ0) is 12.4. The lowest BCUT2D eigenvalue weighted by atomic mass is 10.3. The number of benzene rings is 1. The molecular formula is C10H11N3O3S. The first-order valence-corrected chi connectivity index (χ1v) is 5.40. The molecule has 0 amide bonds. The summed E-state index contributed by atoms with van der Waals surface area (Å²) in [5.41, 5.74) is 1.56. The molecule has 0 fully saturated rings. The maximum atomic E-state index is 10.6. The van der Waals surface area contributed by atoms with Gasteiger partial charge in [0, 0.05) is 25.8 Å². The molecule has 0 bridgehead atoms. The predicted octanol–water partition coefficient (Wildman–Crippen LogP) is 2.25. The van der Waals surface area contributed by atoms with Crippen LogP contribution in [-0.4, -0.2) is 28.2 Å². The molecule has 0 radical (unpaired) electrons. The molecule has 2 rings (SSSR count). The number of methoxy groups -OCH3 is 1. The SMILES string of the molecule is COCCn1c(=S)[nH]c2cc([N+](=O)[O-])ccc21. The fourth-order valence-corrected chi connectivity index (χ4v) is 1.97. The highest BCUT2D eigenvalue weighted by molar-refractivity contribution is 7.71. The second kappa shape index (κ2) is 4.64. The van der Waals surface area contributed by atoms with E-state index in [4.69, 9.17) is 17.0 Å². The van der Waals surface area contributed by atoms with Crippen molar-refractivity contribution in [2.45, 2.75) is 6.54 Å². The lowest BCUT2D eigenvalue weighted by Gasteiger charge is -2.02. The van der Waals surface area contributed by atoms with Crippen molar-refractivity contribution in [2.24, 2.45) is 0 Å². The van der Waals surface area contributed by atoms with Gasteiger partial charge in [0.1, 0.15) is 0 Å². The van der Waals surface area contributed by atoms with Crippen molar-refractivity contribution in [3.05, 3.63) is 33.1 Å². The van der Waals surface area contributed by atoms with Crippen LogP contribution >= 0.6 is 12.2 Å². The normalized spacial score (nSPS) is 10.9. The van der Waals surface area contributed by atoms with E-state index in [-0.39, 0.29) is 5.69 Å². The average Bonchev–Trinajstić information content (AvgIpc) is 2.61. The highest BCUT2D eigenvalue weighted by Crippen LogP contribution is 2.20. The van der Waals surface area contributed by atoms with Crippen molar-refractivity contribution in [1.82, 2.24) is 9.55 Å². The van der Waals surface area contributed by atoms with E-state index < -0.39 is 4.92 Å². The van der Waals surface area contributed by atoms with Crippen molar-refractivity contribution in [3.8, 4) is 0 Å². The minimum Gasteiger partial charge on any atom is -0.383 e. The second-order valence-corrected chi connectivity index (χ2v) is 3.92. The number of non-ortho nitro benzene ring substituents is 1. The van der Waals surface area contributed by atoms with Crippen molar-refractivity contribution < 1.29 is 9.66 Å². The summed E-state index contributed by atoms with van der Waals surface area (Å²) in [6.07, 6.45) is 0. The van der Waals surface area contributed by atoms with Crippen LogP contribution in [0.1, 0.15) is 0 Å². The van der Waals surface area contributed by atoms with Crippen molar-refractivity contribution >= 4 is 28.9 Å². The molecule has 1 aromatic heterocycles. The van der Waals surface area contributed by atoms with Gasteiger partial charge in [-0.05, 0) is 18.3 Å². The van der Waals surface area contributed by atoms with Crippen LogP contribution < -0.4 is 0 Å². The predicted molar refractivity (Wildman–Crippen MR) is 65.7 cm³/mol. The summed E-state index contributed by atoms with van der Waals surface area (Å²) < 4.78 is 7.39. The molecule has 0 unspecified atom stereocenters. The van der Waals surface area contributed by atoms with Crippen LogP contribution in [-0.2, 0) is 11.3 Å². The molecule has 6 nitrogen and oxygen atoms in total. The fourth-order valence-electron chi connectivity index (χ4n) is 1.67. The molecule has 1 aromatic carbocycles. The van der Waals surface area contributed by atoms with Gasteiger partial charge in [-0.1, -0.05) is 0 Å². The van der Waals surface area contributed by atoms with Gasteiger partial charge in [-0.15, -0.1) is 0 Å². The Morgan fingerprint density at radius 2 is 2.35 bits per heavy atom. The first-order chi connectivity index (χ1) is 8.13. The summed E-state index contributed by atoms with van der Waals surface area (Å²) >= 11 is 5.16. The number of nitro groups is 1. The molecular weight excluding hydrogens is 242 g/mol. The number of aromatic nitrogens is 2. The zero-order valence-electron chi connectivity index (χ0n) is 9.17. The Balaban J connectivity index is 2.52. The molecule has 0 aliphatic heterocycles. The molecule has 0 aliphatic carbocycles. The van der Waals surface area contributed by atoms with E-state index in [1.807, 2.05) is 4.57 Å². The monoisotopic (exact) mass is 253 g/mol. The third-order valence-electron chi connectivity index (χ3n) is 2.49. The largest absolute Gasteiger partial charge is 0.383 e. The van der Waals surface area contributed by atoms with E-state index in [2.05, 4.69) is 4.98 Å². The Labute approximate surface area is 102 Å². The van der Waals surface area contributed by atoms with Crippen LogP contribution in [0.5, 0.6) is 0 Å². The maximum absolute atomic E-state index is 10.6. The summed E-state index contributed by atoms with van der Waals surface area (Å²) in [5.74, 6) is 0. The maximum Gasteiger partial charge on any atom is 0.271 e. The van der Waals surface area contributed by atoms with Crippen LogP contribution in [0.4, 0.5) is 5.69 Å². The zero-order valence-corrected chi connectivity index (χ0v) is 9.99. The van der Waals surface area contributed by atoms with Crippen LogP contribution in [0, 0.1) is 14.9 Å². The Bertz CT molecular complexity index is 617. The van der Waals surface area contributed by atoms with Crippen LogP contribution in [0.3, 0.4) is 0 Å². The minimum absolute atomic E-state index is 0.0487. The van der Waals surface area contributed by atoms with E-state index in [0.717, 1.165) is 5.52 Å². The van der Waals surface area contributed by atoms with E-state index in [9.17, 15) is 10.1 Å². The summed E-state index contributed by atoms with van der Waals surface area (Å²) in [4.78, 5) is 13.2. The van der Waals surface area contributed by atoms with Crippen LogP contribution in [0.25, 0.3) is 11.0 Å². The number of aromatic amines is 1. The quantitative estimate of drug-likeness (QED) is 0.515. The number of ether oxygens (including phenoxy) is 1. The number of nitrogens with zero attached hydrogens (tertiary/aromatic N) is 2. The number of nitrogens with one attached hydrogen (secondary N) is 1. The lowest BCUT2D eigenvalue weighted by Crippen LogP contribution is -2.03. The van der Waals surface area contributed by atoms with Gasteiger partial charge in [-0.25, -0.2) is 0 Å². The van der Waals surface area contributed by atoms with Gasteiger partial charge >= 0.3 is 0 Å². The first kappa shape index (κ1) is 11.7. The van der Waals surface area contributed by atoms with E-state index in [1.54, 1.807) is 13.2 Å². The van der Waals surface area contributed by atoms with Crippen molar-refractivity contribution in [3.63, 3.8) is 0 Å². The molecule has 17 heavy (non-hydrogen) atoms. The number of fused-ring (bicyclic) bond motifs is 1. The summed E-state index contributed by atoms with van der Waals surface area (Å²) in [7, 11) is 1.61. The third-order valence-corrected chi connectivity index (χ3v) is 2.81.